The maximum atomic E-state index is 13.2. The molecule has 1 aromatic rings. The predicted molar refractivity (Wildman–Crippen MR) is 76.3 cm³/mol. The summed E-state index contributed by atoms with van der Waals surface area (Å²) in [6.07, 6.45) is 0.838. The lowest BCUT2D eigenvalue weighted by atomic mass is 9.87. The number of nitrogens with zero attached hydrogens (tertiary/aromatic N) is 1. The number of benzene rings is 1. The van der Waals surface area contributed by atoms with E-state index in [0.29, 0.717) is 31.5 Å². The van der Waals surface area contributed by atoms with Gasteiger partial charge in [-0.2, -0.15) is 0 Å². The number of aliphatic hydroxyl groups excluding tert-OH is 1. The van der Waals surface area contributed by atoms with Crippen molar-refractivity contribution >= 4 is 17.5 Å². The lowest BCUT2D eigenvalue weighted by molar-refractivity contribution is 0.0705. The van der Waals surface area contributed by atoms with Gasteiger partial charge in [0.15, 0.2) is 0 Å². The number of hydrogen-bond donors (Lipinski definition) is 1. The number of rotatable bonds is 1. The number of carbonyl (C=O) groups excluding carboxylic acids is 1. The third kappa shape index (κ3) is 3.49. The Morgan fingerprint density at radius 2 is 2.20 bits per heavy atom. The zero-order valence-electron chi connectivity index (χ0n) is 11.7. The highest BCUT2D eigenvalue weighted by atomic mass is 35.5. The second kappa shape index (κ2) is 5.70. The fourth-order valence-corrected chi connectivity index (χ4v) is 2.87. The Kier molecular flexibility index (Phi) is 4.35. The van der Waals surface area contributed by atoms with Crippen LogP contribution in [0.5, 0.6) is 0 Å². The van der Waals surface area contributed by atoms with Gasteiger partial charge in [0.1, 0.15) is 5.82 Å². The van der Waals surface area contributed by atoms with E-state index in [2.05, 4.69) is 0 Å². The van der Waals surface area contributed by atoms with Gasteiger partial charge in [0.2, 0.25) is 0 Å². The Hall–Kier alpha value is -1.13. The van der Waals surface area contributed by atoms with E-state index < -0.39 is 5.82 Å². The van der Waals surface area contributed by atoms with E-state index in [4.69, 9.17) is 11.6 Å². The van der Waals surface area contributed by atoms with Gasteiger partial charge in [-0.1, -0.05) is 25.4 Å². The van der Waals surface area contributed by atoms with E-state index in [-0.39, 0.29) is 22.4 Å². The number of likely N-dealkylation sites (tertiary alicyclic amines) is 1. The first-order valence-corrected chi connectivity index (χ1v) is 7.09. The zero-order chi connectivity index (χ0) is 14.9. The Labute approximate surface area is 123 Å². The van der Waals surface area contributed by atoms with E-state index in [1.807, 2.05) is 13.8 Å². The normalized spacial score (nSPS) is 22.4. The van der Waals surface area contributed by atoms with Gasteiger partial charge in [-0.15, -0.1) is 0 Å². The molecule has 20 heavy (non-hydrogen) atoms. The zero-order valence-corrected chi connectivity index (χ0v) is 12.5. The van der Waals surface area contributed by atoms with Crippen LogP contribution in [-0.4, -0.2) is 35.1 Å². The quantitative estimate of drug-likeness (QED) is 0.865. The molecule has 0 unspecified atom stereocenters. The van der Waals surface area contributed by atoms with Crippen molar-refractivity contribution in [3.05, 3.63) is 34.6 Å². The molecule has 1 aliphatic rings. The average molecular weight is 300 g/mol. The van der Waals surface area contributed by atoms with Crippen LogP contribution in [0.15, 0.2) is 18.2 Å². The number of carbonyl (C=O) groups is 1. The summed E-state index contributed by atoms with van der Waals surface area (Å²) in [4.78, 5) is 14.2. The second-order valence-electron chi connectivity index (χ2n) is 6.17. The van der Waals surface area contributed by atoms with E-state index in [9.17, 15) is 14.3 Å². The minimum atomic E-state index is -0.533. The van der Waals surface area contributed by atoms with Crippen LogP contribution in [0, 0.1) is 11.2 Å². The van der Waals surface area contributed by atoms with E-state index in [0.717, 1.165) is 0 Å². The summed E-state index contributed by atoms with van der Waals surface area (Å²) in [6, 6.07) is 4.00. The Morgan fingerprint density at radius 3 is 2.85 bits per heavy atom. The van der Waals surface area contributed by atoms with Crippen molar-refractivity contribution in [3.8, 4) is 0 Å². The first kappa shape index (κ1) is 15.3. The fraction of sp³-hybridized carbons (Fsp3) is 0.533. The molecular formula is C15H19ClFNO2. The number of hydrogen-bond acceptors (Lipinski definition) is 2. The van der Waals surface area contributed by atoms with Crippen LogP contribution in [-0.2, 0) is 0 Å². The van der Waals surface area contributed by atoms with Crippen LogP contribution in [0.3, 0.4) is 0 Å². The highest BCUT2D eigenvalue weighted by molar-refractivity contribution is 6.31. The summed E-state index contributed by atoms with van der Waals surface area (Å²) < 4.78 is 13.2. The lowest BCUT2D eigenvalue weighted by Crippen LogP contribution is -2.37. The molecule has 1 N–H and O–H groups in total. The maximum Gasteiger partial charge on any atom is 0.253 e. The molecule has 0 spiro atoms. The van der Waals surface area contributed by atoms with Crippen molar-refractivity contribution in [2.45, 2.75) is 32.8 Å². The van der Waals surface area contributed by atoms with Crippen molar-refractivity contribution in [1.82, 2.24) is 4.90 Å². The van der Waals surface area contributed by atoms with Crippen molar-refractivity contribution in [2.24, 2.45) is 5.41 Å². The first-order valence-electron chi connectivity index (χ1n) is 6.71. The van der Waals surface area contributed by atoms with Gasteiger partial charge in [0.25, 0.3) is 5.91 Å². The van der Waals surface area contributed by atoms with Crippen LogP contribution >= 0.6 is 11.6 Å². The van der Waals surface area contributed by atoms with Crippen molar-refractivity contribution in [1.29, 1.82) is 0 Å². The second-order valence-corrected chi connectivity index (χ2v) is 6.57. The average Bonchev–Trinajstić information content (AvgIpc) is 2.49. The smallest absolute Gasteiger partial charge is 0.253 e. The van der Waals surface area contributed by atoms with Gasteiger partial charge in [-0.05, 0) is 36.5 Å². The van der Waals surface area contributed by atoms with Crippen LogP contribution in [0.25, 0.3) is 0 Å². The van der Waals surface area contributed by atoms with Gasteiger partial charge < -0.3 is 10.0 Å². The Bertz CT molecular complexity index is 519. The topological polar surface area (TPSA) is 40.5 Å². The third-order valence-corrected chi connectivity index (χ3v) is 3.88. The standard InChI is InChI=1S/C15H19ClFNO2/c1-15(2)8-11(19)5-6-18(9-15)14(20)10-3-4-13(17)12(16)7-10/h3-4,7,11,19H,5-6,8-9H2,1-2H3/t11-/m1/s1. The van der Waals surface area contributed by atoms with Gasteiger partial charge in [0, 0.05) is 18.7 Å². The predicted octanol–water partition coefficient (Wildman–Crippen LogP) is 3.10. The molecule has 110 valence electrons. The molecule has 0 aliphatic carbocycles. The molecule has 0 saturated carbocycles. The van der Waals surface area contributed by atoms with Gasteiger partial charge in [-0.3, -0.25) is 4.79 Å². The highest BCUT2D eigenvalue weighted by Crippen LogP contribution is 2.29. The minimum Gasteiger partial charge on any atom is -0.393 e. The molecule has 5 heteroatoms. The summed E-state index contributed by atoms with van der Waals surface area (Å²) in [5.74, 6) is -0.705. The fourth-order valence-electron chi connectivity index (χ4n) is 2.69. The van der Waals surface area contributed by atoms with Crippen LogP contribution in [0.2, 0.25) is 5.02 Å². The summed E-state index contributed by atoms with van der Waals surface area (Å²) in [7, 11) is 0. The Morgan fingerprint density at radius 1 is 1.50 bits per heavy atom. The monoisotopic (exact) mass is 299 g/mol. The van der Waals surface area contributed by atoms with Crippen molar-refractivity contribution < 1.29 is 14.3 Å². The van der Waals surface area contributed by atoms with Crippen molar-refractivity contribution in [3.63, 3.8) is 0 Å². The third-order valence-electron chi connectivity index (χ3n) is 3.59. The van der Waals surface area contributed by atoms with Gasteiger partial charge in [-0.25, -0.2) is 4.39 Å². The lowest BCUT2D eigenvalue weighted by Gasteiger charge is -2.29. The summed E-state index contributed by atoms with van der Waals surface area (Å²) in [6.45, 7) is 5.12. The summed E-state index contributed by atoms with van der Waals surface area (Å²) in [5, 5.41) is 9.82. The SMILES string of the molecule is CC1(C)C[C@H](O)CCN(C(=O)c2ccc(F)c(Cl)c2)C1. The number of halogens is 2. The molecule has 0 radical (unpaired) electrons. The van der Waals surface area contributed by atoms with Crippen LogP contribution < -0.4 is 0 Å². The molecule has 1 aromatic carbocycles. The van der Waals surface area contributed by atoms with E-state index >= 15 is 0 Å². The van der Waals surface area contributed by atoms with E-state index in [1.54, 1.807) is 4.90 Å². The molecular weight excluding hydrogens is 281 g/mol. The molecule has 0 aromatic heterocycles. The number of amides is 1. The molecule has 1 fully saturated rings. The highest BCUT2D eigenvalue weighted by Gasteiger charge is 2.31. The minimum absolute atomic E-state index is 0.0510. The molecule has 0 bridgehead atoms. The summed E-state index contributed by atoms with van der Waals surface area (Å²) in [5.41, 5.74) is 0.235. The molecule has 1 heterocycles. The van der Waals surface area contributed by atoms with Gasteiger partial charge in [0.05, 0.1) is 11.1 Å². The Balaban J connectivity index is 2.21. The first-order chi connectivity index (χ1) is 9.28. The summed E-state index contributed by atoms with van der Waals surface area (Å²) >= 11 is 5.72. The molecule has 1 atom stereocenters. The molecule has 1 aliphatic heterocycles. The molecule has 1 saturated heterocycles. The largest absolute Gasteiger partial charge is 0.393 e. The van der Waals surface area contributed by atoms with Crippen molar-refractivity contribution in [2.75, 3.05) is 13.1 Å². The number of aliphatic hydroxyl groups is 1. The molecule has 1 amide bonds. The van der Waals surface area contributed by atoms with Gasteiger partial charge >= 0.3 is 0 Å². The van der Waals surface area contributed by atoms with Crippen LogP contribution in [0.4, 0.5) is 4.39 Å². The maximum absolute atomic E-state index is 13.2. The van der Waals surface area contributed by atoms with Crippen LogP contribution in [0.1, 0.15) is 37.0 Å². The molecule has 2 rings (SSSR count). The molecule has 3 nitrogen and oxygen atoms in total. The van der Waals surface area contributed by atoms with E-state index in [1.165, 1.54) is 18.2 Å².